The van der Waals surface area contributed by atoms with E-state index in [1.54, 1.807) is 0 Å². The van der Waals surface area contributed by atoms with Crippen molar-refractivity contribution in [1.29, 1.82) is 0 Å². The largest absolute Gasteiger partial charge is 0.359 e. The predicted molar refractivity (Wildman–Crippen MR) is 94.6 cm³/mol. The Hall–Kier alpha value is -1.52. The molecule has 1 fully saturated rings. The zero-order valence-corrected chi connectivity index (χ0v) is 15.1. The van der Waals surface area contributed by atoms with E-state index in [9.17, 15) is 0 Å². The molecule has 2 atom stereocenters. The molecule has 5 nitrogen and oxygen atoms in total. The summed E-state index contributed by atoms with van der Waals surface area (Å²) in [6, 6.07) is 2.64. The van der Waals surface area contributed by atoms with Gasteiger partial charge in [0.05, 0.1) is 5.69 Å². The molecule has 1 aliphatic rings. The summed E-state index contributed by atoms with van der Waals surface area (Å²) in [6.45, 7) is 10.1. The van der Waals surface area contributed by atoms with Gasteiger partial charge in [-0.15, -0.1) is 0 Å². The Labute approximate surface area is 140 Å². The summed E-state index contributed by atoms with van der Waals surface area (Å²) in [5.41, 5.74) is 1.06. The maximum atomic E-state index is 5.45. The second-order valence-corrected chi connectivity index (χ2v) is 6.46. The number of nitrogens with one attached hydrogen (secondary N) is 2. The van der Waals surface area contributed by atoms with Gasteiger partial charge in [0.2, 0.25) is 0 Å². The molecule has 2 unspecified atom stereocenters. The third-order valence-corrected chi connectivity index (χ3v) is 4.62. The Morgan fingerprint density at radius 1 is 1.35 bits per heavy atom. The summed E-state index contributed by atoms with van der Waals surface area (Å²) in [4.78, 5) is 4.64. The number of guanidine groups is 1. The molecule has 130 valence electrons. The molecule has 0 bridgehead atoms. The van der Waals surface area contributed by atoms with Gasteiger partial charge in [0, 0.05) is 24.6 Å². The molecule has 1 aliphatic carbocycles. The molecule has 1 aromatic rings. The van der Waals surface area contributed by atoms with Gasteiger partial charge in [-0.05, 0) is 38.5 Å². The van der Waals surface area contributed by atoms with Crippen LogP contribution >= 0.6 is 0 Å². The number of aliphatic imine (C=N–C) groups is 1. The minimum Gasteiger partial charge on any atom is -0.359 e. The molecule has 0 saturated heterocycles. The molecule has 2 N–H and O–H groups in total. The van der Waals surface area contributed by atoms with Gasteiger partial charge in [-0.3, -0.25) is 0 Å². The van der Waals surface area contributed by atoms with Crippen LogP contribution in [0.15, 0.2) is 15.6 Å². The van der Waals surface area contributed by atoms with Crippen molar-refractivity contribution < 1.29 is 4.52 Å². The fourth-order valence-electron chi connectivity index (χ4n) is 3.07. The summed E-state index contributed by atoms with van der Waals surface area (Å²) in [7, 11) is 0. The summed E-state index contributed by atoms with van der Waals surface area (Å²) >= 11 is 0. The lowest BCUT2D eigenvalue weighted by Crippen LogP contribution is -2.39. The summed E-state index contributed by atoms with van der Waals surface area (Å²) in [6.07, 6.45) is 6.01. The van der Waals surface area contributed by atoms with E-state index < -0.39 is 0 Å². The molecule has 0 aliphatic heterocycles. The monoisotopic (exact) mass is 320 g/mol. The number of aromatic nitrogens is 1. The third-order valence-electron chi connectivity index (χ3n) is 4.62. The second-order valence-electron chi connectivity index (χ2n) is 6.46. The fraction of sp³-hybridized carbons (Fsp3) is 0.778. The highest BCUT2D eigenvalue weighted by Gasteiger charge is 2.36. The highest BCUT2D eigenvalue weighted by Crippen LogP contribution is 2.34. The predicted octanol–water partition coefficient (Wildman–Crippen LogP) is 3.82. The van der Waals surface area contributed by atoms with Gasteiger partial charge in [0.15, 0.2) is 11.7 Å². The molecule has 23 heavy (non-hydrogen) atoms. The summed E-state index contributed by atoms with van der Waals surface area (Å²) in [5, 5.41) is 11.0. The molecule has 2 rings (SSSR count). The number of nitrogens with zero attached hydrogens (tertiary/aromatic N) is 2. The van der Waals surface area contributed by atoms with Crippen molar-refractivity contribution in [2.24, 2.45) is 10.9 Å². The minimum absolute atomic E-state index is 0.490. The highest BCUT2D eigenvalue weighted by molar-refractivity contribution is 5.80. The zero-order chi connectivity index (χ0) is 16.7. The van der Waals surface area contributed by atoms with Gasteiger partial charge in [0.1, 0.15) is 6.54 Å². The van der Waals surface area contributed by atoms with Crippen LogP contribution in [0.4, 0.5) is 0 Å². The van der Waals surface area contributed by atoms with Crippen molar-refractivity contribution in [3.8, 4) is 0 Å². The molecule has 0 radical (unpaired) electrons. The molecule has 1 saturated carbocycles. The number of hydrogen-bond acceptors (Lipinski definition) is 3. The normalized spacial score (nSPS) is 20.8. The summed E-state index contributed by atoms with van der Waals surface area (Å²) in [5.74, 6) is 3.03. The SMILES string of the molecule is CCCC1CC1NC(=NCc1cc(C(CC)CC)no1)NCC. The van der Waals surface area contributed by atoms with E-state index in [4.69, 9.17) is 4.52 Å². The first-order valence-electron chi connectivity index (χ1n) is 9.21. The Bertz CT molecular complexity index is 493. The second kappa shape index (κ2) is 8.94. The van der Waals surface area contributed by atoms with Crippen molar-refractivity contribution in [1.82, 2.24) is 15.8 Å². The molecule has 0 aromatic carbocycles. The minimum atomic E-state index is 0.490. The van der Waals surface area contributed by atoms with E-state index in [0.29, 0.717) is 18.5 Å². The maximum Gasteiger partial charge on any atom is 0.191 e. The fourth-order valence-corrected chi connectivity index (χ4v) is 3.07. The van der Waals surface area contributed by atoms with Crippen LogP contribution in [-0.2, 0) is 6.54 Å². The van der Waals surface area contributed by atoms with Crippen LogP contribution in [0.2, 0.25) is 0 Å². The molecule has 1 aromatic heterocycles. The standard InChI is InChI=1S/C18H32N4O/c1-5-9-14-10-16(14)21-18(19-8-4)20-12-15-11-17(22-23-15)13(6-2)7-3/h11,13-14,16H,5-10,12H2,1-4H3,(H2,19,20,21). The lowest BCUT2D eigenvalue weighted by atomic mass is 9.99. The van der Waals surface area contributed by atoms with Crippen molar-refractivity contribution in [2.75, 3.05) is 6.54 Å². The topological polar surface area (TPSA) is 62.5 Å². The maximum absolute atomic E-state index is 5.45. The van der Waals surface area contributed by atoms with Crippen molar-refractivity contribution in [2.45, 2.75) is 78.3 Å². The van der Waals surface area contributed by atoms with E-state index >= 15 is 0 Å². The Morgan fingerprint density at radius 2 is 2.13 bits per heavy atom. The molecule has 1 heterocycles. The first-order valence-corrected chi connectivity index (χ1v) is 9.21. The Balaban J connectivity index is 1.90. The van der Waals surface area contributed by atoms with Gasteiger partial charge in [-0.1, -0.05) is 32.3 Å². The summed E-state index contributed by atoms with van der Waals surface area (Å²) < 4.78 is 5.45. The van der Waals surface area contributed by atoms with Crippen LogP contribution in [0, 0.1) is 5.92 Å². The lowest BCUT2D eigenvalue weighted by molar-refractivity contribution is 0.372. The Morgan fingerprint density at radius 3 is 2.78 bits per heavy atom. The van der Waals surface area contributed by atoms with Gasteiger partial charge in [-0.25, -0.2) is 4.99 Å². The molecular weight excluding hydrogens is 288 g/mol. The van der Waals surface area contributed by atoms with Crippen LogP contribution in [0.3, 0.4) is 0 Å². The van der Waals surface area contributed by atoms with Crippen molar-refractivity contribution >= 4 is 5.96 Å². The van der Waals surface area contributed by atoms with Crippen LogP contribution in [-0.4, -0.2) is 23.7 Å². The van der Waals surface area contributed by atoms with Crippen LogP contribution in [0.5, 0.6) is 0 Å². The number of rotatable bonds is 9. The number of hydrogen-bond donors (Lipinski definition) is 2. The van der Waals surface area contributed by atoms with E-state index in [0.717, 1.165) is 42.7 Å². The van der Waals surface area contributed by atoms with Gasteiger partial charge >= 0.3 is 0 Å². The van der Waals surface area contributed by atoms with Gasteiger partial charge in [0.25, 0.3) is 0 Å². The molecule has 5 heteroatoms. The highest BCUT2D eigenvalue weighted by atomic mass is 16.5. The average molecular weight is 320 g/mol. The Kier molecular flexibility index (Phi) is 6.93. The van der Waals surface area contributed by atoms with E-state index in [-0.39, 0.29) is 0 Å². The smallest absolute Gasteiger partial charge is 0.191 e. The van der Waals surface area contributed by atoms with Crippen LogP contribution in [0.1, 0.15) is 77.2 Å². The van der Waals surface area contributed by atoms with E-state index in [2.05, 4.69) is 54.5 Å². The average Bonchev–Trinajstić information content (AvgIpc) is 3.10. The van der Waals surface area contributed by atoms with E-state index in [1.165, 1.54) is 19.3 Å². The lowest BCUT2D eigenvalue weighted by Gasteiger charge is -2.10. The molecule has 0 amide bonds. The van der Waals surface area contributed by atoms with Crippen molar-refractivity contribution in [3.63, 3.8) is 0 Å². The van der Waals surface area contributed by atoms with Crippen LogP contribution in [0.25, 0.3) is 0 Å². The first kappa shape index (κ1) is 17.8. The quantitative estimate of drug-likeness (QED) is 0.536. The van der Waals surface area contributed by atoms with Gasteiger partial charge < -0.3 is 15.2 Å². The van der Waals surface area contributed by atoms with E-state index in [1.807, 2.05) is 0 Å². The van der Waals surface area contributed by atoms with Crippen LogP contribution < -0.4 is 10.6 Å². The zero-order valence-electron chi connectivity index (χ0n) is 15.1. The first-order chi connectivity index (χ1) is 11.2. The molecule has 0 spiro atoms. The third kappa shape index (κ3) is 5.26. The molecular formula is C18H32N4O. The van der Waals surface area contributed by atoms with Crippen molar-refractivity contribution in [3.05, 3.63) is 17.5 Å². The van der Waals surface area contributed by atoms with Gasteiger partial charge in [-0.2, -0.15) is 0 Å².